The monoisotopic (exact) mass is 255 g/mol. The van der Waals surface area contributed by atoms with Gasteiger partial charge in [-0.1, -0.05) is 18.5 Å². The van der Waals surface area contributed by atoms with Crippen LogP contribution in [-0.4, -0.2) is 27.2 Å². The molecule has 0 saturated heterocycles. The Balaban J connectivity index is 2.00. The van der Waals surface area contributed by atoms with Gasteiger partial charge in [0, 0.05) is 18.5 Å². The van der Waals surface area contributed by atoms with Crippen LogP contribution in [0.2, 0.25) is 5.15 Å². The molecule has 5 heteroatoms. The van der Waals surface area contributed by atoms with Crippen LogP contribution in [0.25, 0.3) is 0 Å². The number of aryl methyl sites for hydroxylation is 1. The van der Waals surface area contributed by atoms with Crippen LogP contribution in [0.15, 0.2) is 6.07 Å². The van der Waals surface area contributed by atoms with Crippen LogP contribution < -0.4 is 5.32 Å². The van der Waals surface area contributed by atoms with Gasteiger partial charge in [-0.25, -0.2) is 9.97 Å². The maximum absolute atomic E-state index is 9.44. The smallest absolute Gasteiger partial charge is 0.134 e. The van der Waals surface area contributed by atoms with E-state index in [1.165, 1.54) is 0 Å². The summed E-state index contributed by atoms with van der Waals surface area (Å²) in [6.07, 6.45) is 4.31. The highest BCUT2D eigenvalue weighted by Gasteiger charge is 2.19. The van der Waals surface area contributed by atoms with E-state index in [-0.39, 0.29) is 6.10 Å². The van der Waals surface area contributed by atoms with Crippen molar-refractivity contribution in [2.45, 2.75) is 51.2 Å². The second-order valence-electron chi connectivity index (χ2n) is 4.50. The fourth-order valence-corrected chi connectivity index (χ4v) is 2.33. The molecule has 1 saturated carbocycles. The Morgan fingerprint density at radius 1 is 1.35 bits per heavy atom. The summed E-state index contributed by atoms with van der Waals surface area (Å²) in [5.41, 5.74) is 0. The summed E-state index contributed by atoms with van der Waals surface area (Å²) in [5, 5.41) is 13.3. The lowest BCUT2D eigenvalue weighted by Gasteiger charge is -2.26. The molecule has 0 unspecified atom stereocenters. The van der Waals surface area contributed by atoms with Crippen molar-refractivity contribution in [1.29, 1.82) is 0 Å². The number of hydrogen-bond donors (Lipinski definition) is 2. The Bertz CT molecular complexity index is 378. The minimum absolute atomic E-state index is 0.131. The van der Waals surface area contributed by atoms with Gasteiger partial charge in [-0.3, -0.25) is 0 Å². The molecule has 0 radical (unpaired) electrons. The van der Waals surface area contributed by atoms with Crippen molar-refractivity contribution in [3.05, 3.63) is 17.0 Å². The van der Waals surface area contributed by atoms with E-state index < -0.39 is 0 Å². The SMILES string of the molecule is CCc1nc(Cl)cc(NC2CCC(O)CC2)n1. The summed E-state index contributed by atoms with van der Waals surface area (Å²) < 4.78 is 0. The highest BCUT2D eigenvalue weighted by Crippen LogP contribution is 2.22. The number of nitrogens with zero attached hydrogens (tertiary/aromatic N) is 2. The maximum Gasteiger partial charge on any atom is 0.134 e. The van der Waals surface area contributed by atoms with Crippen molar-refractivity contribution in [3.63, 3.8) is 0 Å². The fraction of sp³-hybridized carbons (Fsp3) is 0.667. The van der Waals surface area contributed by atoms with Crippen LogP contribution in [0.5, 0.6) is 0 Å². The highest BCUT2D eigenvalue weighted by molar-refractivity contribution is 6.29. The molecule has 17 heavy (non-hydrogen) atoms. The summed E-state index contributed by atoms with van der Waals surface area (Å²) in [5.74, 6) is 1.55. The molecule has 0 atom stereocenters. The molecule has 0 aromatic carbocycles. The van der Waals surface area contributed by atoms with Crippen LogP contribution >= 0.6 is 11.6 Å². The number of anilines is 1. The molecule has 0 amide bonds. The van der Waals surface area contributed by atoms with E-state index >= 15 is 0 Å². The first-order valence-electron chi connectivity index (χ1n) is 6.15. The number of aliphatic hydroxyl groups is 1. The second kappa shape index (κ2) is 5.65. The maximum atomic E-state index is 9.44. The number of rotatable bonds is 3. The number of aromatic nitrogens is 2. The first-order chi connectivity index (χ1) is 8.17. The van der Waals surface area contributed by atoms with Gasteiger partial charge in [0.05, 0.1) is 6.10 Å². The Kier molecular flexibility index (Phi) is 4.18. The normalized spacial score (nSPS) is 24.6. The van der Waals surface area contributed by atoms with Crippen LogP contribution in [0.4, 0.5) is 5.82 Å². The summed E-state index contributed by atoms with van der Waals surface area (Å²) in [6, 6.07) is 2.14. The van der Waals surface area contributed by atoms with Gasteiger partial charge in [0.1, 0.15) is 16.8 Å². The Morgan fingerprint density at radius 2 is 2.06 bits per heavy atom. The molecule has 4 nitrogen and oxygen atoms in total. The van der Waals surface area contributed by atoms with Gasteiger partial charge in [0.2, 0.25) is 0 Å². The summed E-state index contributed by atoms with van der Waals surface area (Å²) in [6.45, 7) is 2.01. The number of nitrogens with one attached hydrogen (secondary N) is 1. The molecule has 0 spiro atoms. The van der Waals surface area contributed by atoms with E-state index in [2.05, 4.69) is 15.3 Å². The molecule has 94 valence electrons. The standard InChI is InChI=1S/C12H18ClN3O/c1-2-11-15-10(13)7-12(16-11)14-8-3-5-9(17)6-4-8/h7-9,17H,2-6H2,1H3,(H,14,15,16). The van der Waals surface area contributed by atoms with Gasteiger partial charge < -0.3 is 10.4 Å². The van der Waals surface area contributed by atoms with E-state index in [0.29, 0.717) is 11.2 Å². The van der Waals surface area contributed by atoms with Gasteiger partial charge in [0.15, 0.2) is 0 Å². The fourth-order valence-electron chi connectivity index (χ4n) is 2.13. The van der Waals surface area contributed by atoms with Gasteiger partial charge in [0.25, 0.3) is 0 Å². The van der Waals surface area contributed by atoms with Gasteiger partial charge in [-0.05, 0) is 25.7 Å². The molecule has 1 aliphatic rings. The Labute approximate surface area is 106 Å². The number of halogens is 1. The summed E-state index contributed by atoms with van der Waals surface area (Å²) in [4.78, 5) is 8.53. The van der Waals surface area contributed by atoms with Gasteiger partial charge >= 0.3 is 0 Å². The molecule has 2 N–H and O–H groups in total. The lowest BCUT2D eigenvalue weighted by atomic mass is 9.93. The number of aliphatic hydroxyl groups excluding tert-OH is 1. The zero-order chi connectivity index (χ0) is 12.3. The Hall–Kier alpha value is -0.870. The van der Waals surface area contributed by atoms with Crippen molar-refractivity contribution in [3.8, 4) is 0 Å². The van der Waals surface area contributed by atoms with Crippen molar-refractivity contribution < 1.29 is 5.11 Å². The molecule has 0 bridgehead atoms. The van der Waals surface area contributed by atoms with Crippen LogP contribution in [0.1, 0.15) is 38.4 Å². The Morgan fingerprint density at radius 3 is 2.71 bits per heavy atom. The molecule has 2 rings (SSSR count). The third-order valence-electron chi connectivity index (χ3n) is 3.11. The molecule has 1 aliphatic carbocycles. The largest absolute Gasteiger partial charge is 0.393 e. The highest BCUT2D eigenvalue weighted by atomic mass is 35.5. The van der Waals surface area contributed by atoms with Crippen molar-refractivity contribution in [2.75, 3.05) is 5.32 Å². The quantitative estimate of drug-likeness (QED) is 0.815. The van der Waals surface area contributed by atoms with Crippen LogP contribution in [-0.2, 0) is 6.42 Å². The predicted molar refractivity (Wildman–Crippen MR) is 68.3 cm³/mol. The first-order valence-corrected chi connectivity index (χ1v) is 6.53. The van der Waals surface area contributed by atoms with E-state index in [1.807, 2.05) is 6.92 Å². The molecular formula is C12H18ClN3O. The van der Waals surface area contributed by atoms with Gasteiger partial charge in [-0.2, -0.15) is 0 Å². The average Bonchev–Trinajstić information content (AvgIpc) is 2.31. The molecule has 0 aliphatic heterocycles. The number of hydrogen-bond acceptors (Lipinski definition) is 4. The molecule has 1 heterocycles. The summed E-state index contributed by atoms with van der Waals surface area (Å²) in [7, 11) is 0. The van der Waals surface area contributed by atoms with E-state index in [0.717, 1.165) is 43.7 Å². The third kappa shape index (κ3) is 3.54. The first kappa shape index (κ1) is 12.6. The van der Waals surface area contributed by atoms with Crippen molar-refractivity contribution in [1.82, 2.24) is 9.97 Å². The molecule has 1 aromatic rings. The zero-order valence-corrected chi connectivity index (χ0v) is 10.7. The lowest BCUT2D eigenvalue weighted by Crippen LogP contribution is -2.28. The third-order valence-corrected chi connectivity index (χ3v) is 3.30. The predicted octanol–water partition coefficient (Wildman–Crippen LogP) is 2.41. The molecule has 1 aromatic heterocycles. The van der Waals surface area contributed by atoms with E-state index in [9.17, 15) is 5.11 Å². The zero-order valence-electron chi connectivity index (χ0n) is 9.99. The minimum Gasteiger partial charge on any atom is -0.393 e. The van der Waals surface area contributed by atoms with Crippen molar-refractivity contribution >= 4 is 17.4 Å². The minimum atomic E-state index is -0.131. The van der Waals surface area contributed by atoms with Crippen LogP contribution in [0.3, 0.4) is 0 Å². The average molecular weight is 256 g/mol. The van der Waals surface area contributed by atoms with E-state index in [4.69, 9.17) is 11.6 Å². The van der Waals surface area contributed by atoms with Crippen LogP contribution in [0, 0.1) is 0 Å². The van der Waals surface area contributed by atoms with Crippen molar-refractivity contribution in [2.24, 2.45) is 0 Å². The topological polar surface area (TPSA) is 58.0 Å². The molecule has 1 fully saturated rings. The molecular weight excluding hydrogens is 238 g/mol. The summed E-state index contributed by atoms with van der Waals surface area (Å²) >= 11 is 5.94. The van der Waals surface area contributed by atoms with E-state index in [1.54, 1.807) is 6.07 Å². The van der Waals surface area contributed by atoms with Gasteiger partial charge in [-0.15, -0.1) is 0 Å². The lowest BCUT2D eigenvalue weighted by molar-refractivity contribution is 0.126. The second-order valence-corrected chi connectivity index (χ2v) is 4.88.